The number of halogens is 1. The summed E-state index contributed by atoms with van der Waals surface area (Å²) < 4.78 is 0.799. The van der Waals surface area contributed by atoms with Gasteiger partial charge in [-0.25, -0.2) is 4.85 Å². The van der Waals surface area contributed by atoms with Crippen molar-refractivity contribution >= 4 is 21.6 Å². The highest BCUT2D eigenvalue weighted by atomic mass is 79.9. The molecule has 0 bridgehead atoms. The molecule has 3 heteroatoms. The highest BCUT2D eigenvalue weighted by Crippen LogP contribution is 2.22. The Labute approximate surface area is 61.5 Å². The molecule has 9 heavy (non-hydrogen) atoms. The first kappa shape index (κ1) is 6.24. The van der Waals surface area contributed by atoms with Crippen molar-refractivity contribution in [2.24, 2.45) is 0 Å². The fourth-order valence-corrected chi connectivity index (χ4v) is 0.761. The predicted molar refractivity (Wildman–Crippen MR) is 38.2 cm³/mol. The smallest absolute Gasteiger partial charge is 0.218 e. The van der Waals surface area contributed by atoms with E-state index in [0.29, 0.717) is 5.69 Å². The van der Waals surface area contributed by atoms with E-state index in [9.17, 15) is 0 Å². The van der Waals surface area contributed by atoms with E-state index in [1.54, 1.807) is 12.3 Å². The lowest BCUT2D eigenvalue weighted by molar-refractivity contribution is 1.33. The molecule has 0 unspecified atom stereocenters. The van der Waals surface area contributed by atoms with Crippen molar-refractivity contribution in [2.45, 2.75) is 0 Å². The first-order valence-corrected chi connectivity index (χ1v) is 3.11. The first-order valence-electron chi connectivity index (χ1n) is 2.31. The summed E-state index contributed by atoms with van der Waals surface area (Å²) in [6, 6.07) is 1.74. The molecule has 0 aliphatic carbocycles. The molecule has 0 atom stereocenters. The number of hydrogen-bond donors (Lipinski definition) is 0. The molecule has 0 N–H and O–H groups in total. The lowest BCUT2D eigenvalue weighted by atomic mass is 10.4. The van der Waals surface area contributed by atoms with Crippen molar-refractivity contribution in [1.29, 1.82) is 0 Å². The SMILES string of the molecule is [C-]#[N+]c1cnccc1Br. The molecule has 0 saturated heterocycles. The molecule has 0 amide bonds. The third kappa shape index (κ3) is 1.27. The molecule has 0 aromatic carbocycles. The highest BCUT2D eigenvalue weighted by Gasteiger charge is 1.93. The molecule has 44 valence electrons. The van der Waals surface area contributed by atoms with E-state index in [2.05, 4.69) is 25.8 Å². The van der Waals surface area contributed by atoms with Gasteiger partial charge in [-0.1, -0.05) is 15.9 Å². The second-order valence-corrected chi connectivity index (χ2v) is 2.29. The maximum atomic E-state index is 6.64. The molecule has 1 aromatic rings. The maximum absolute atomic E-state index is 6.64. The molecule has 0 saturated carbocycles. The van der Waals surface area contributed by atoms with Crippen LogP contribution >= 0.6 is 15.9 Å². The minimum atomic E-state index is 0.553. The normalized spacial score (nSPS) is 8.44. The largest absolute Gasteiger partial charge is 0.276 e. The van der Waals surface area contributed by atoms with Gasteiger partial charge in [-0.05, 0) is 6.07 Å². The fraction of sp³-hybridized carbons (Fsp3) is 0. The summed E-state index contributed by atoms with van der Waals surface area (Å²) in [6.07, 6.45) is 3.16. The van der Waals surface area contributed by atoms with E-state index in [0.717, 1.165) is 4.47 Å². The summed E-state index contributed by atoms with van der Waals surface area (Å²) in [6.45, 7) is 6.64. The first-order chi connectivity index (χ1) is 4.34. The van der Waals surface area contributed by atoms with E-state index in [1.807, 2.05) is 0 Å². The third-order valence-electron chi connectivity index (χ3n) is 0.869. The Kier molecular flexibility index (Phi) is 1.81. The minimum Gasteiger partial charge on any atom is -0.276 e. The van der Waals surface area contributed by atoms with Gasteiger partial charge in [0.2, 0.25) is 5.69 Å². The minimum absolute atomic E-state index is 0.553. The lowest BCUT2D eigenvalue weighted by Gasteiger charge is -1.88. The van der Waals surface area contributed by atoms with Gasteiger partial charge < -0.3 is 0 Å². The van der Waals surface area contributed by atoms with Crippen LogP contribution in [-0.2, 0) is 0 Å². The Morgan fingerprint density at radius 1 is 1.67 bits per heavy atom. The van der Waals surface area contributed by atoms with Crippen LogP contribution in [0.15, 0.2) is 22.9 Å². The lowest BCUT2D eigenvalue weighted by Crippen LogP contribution is -1.67. The maximum Gasteiger partial charge on any atom is 0.218 e. The van der Waals surface area contributed by atoms with Crippen molar-refractivity contribution in [3.63, 3.8) is 0 Å². The summed E-state index contributed by atoms with van der Waals surface area (Å²) in [5.41, 5.74) is 0.553. The molecule has 1 rings (SSSR count). The number of pyridine rings is 1. The molecular weight excluding hydrogens is 180 g/mol. The van der Waals surface area contributed by atoms with Crippen LogP contribution in [0.4, 0.5) is 5.69 Å². The van der Waals surface area contributed by atoms with Crippen LogP contribution < -0.4 is 0 Å². The van der Waals surface area contributed by atoms with Crippen LogP contribution in [-0.4, -0.2) is 4.98 Å². The second kappa shape index (κ2) is 2.60. The molecular formula is C6H3BrN2. The topological polar surface area (TPSA) is 17.2 Å². The molecule has 0 spiro atoms. The summed E-state index contributed by atoms with van der Waals surface area (Å²) in [5.74, 6) is 0. The van der Waals surface area contributed by atoms with Gasteiger partial charge in [-0.3, -0.25) is 4.98 Å². The van der Waals surface area contributed by atoms with Gasteiger partial charge in [0.15, 0.2) is 0 Å². The molecule has 0 aliphatic rings. The Morgan fingerprint density at radius 3 is 2.89 bits per heavy atom. The van der Waals surface area contributed by atoms with Gasteiger partial charge in [0.25, 0.3) is 0 Å². The number of nitrogens with zero attached hydrogens (tertiary/aromatic N) is 2. The molecule has 0 aliphatic heterocycles. The standard InChI is InChI=1S/C6H3BrN2/c1-8-6-4-9-3-2-5(6)7/h2-4H. The van der Waals surface area contributed by atoms with Crippen LogP contribution in [0.2, 0.25) is 0 Å². The number of rotatable bonds is 0. The summed E-state index contributed by atoms with van der Waals surface area (Å²) >= 11 is 3.20. The van der Waals surface area contributed by atoms with Crippen LogP contribution in [0.3, 0.4) is 0 Å². The molecule has 1 aromatic heterocycles. The van der Waals surface area contributed by atoms with Crippen molar-refractivity contribution in [3.05, 3.63) is 34.3 Å². The number of aromatic nitrogens is 1. The molecule has 0 radical (unpaired) electrons. The van der Waals surface area contributed by atoms with Gasteiger partial charge in [0.1, 0.15) is 0 Å². The van der Waals surface area contributed by atoms with Crippen LogP contribution in [0.1, 0.15) is 0 Å². The average molecular weight is 183 g/mol. The second-order valence-electron chi connectivity index (χ2n) is 1.44. The van der Waals surface area contributed by atoms with E-state index in [4.69, 9.17) is 6.57 Å². The van der Waals surface area contributed by atoms with Crippen molar-refractivity contribution in [1.82, 2.24) is 4.98 Å². The Bertz CT molecular complexity index is 251. The summed E-state index contributed by atoms with van der Waals surface area (Å²) in [5, 5.41) is 0. The molecule has 0 fully saturated rings. The van der Waals surface area contributed by atoms with Gasteiger partial charge in [0, 0.05) is 16.9 Å². The van der Waals surface area contributed by atoms with Crippen LogP contribution in [0, 0.1) is 6.57 Å². The Balaban J connectivity index is 3.20. The third-order valence-corrected chi connectivity index (χ3v) is 1.54. The monoisotopic (exact) mass is 182 g/mol. The van der Waals surface area contributed by atoms with Gasteiger partial charge in [-0.2, -0.15) is 0 Å². The Hall–Kier alpha value is -0.880. The van der Waals surface area contributed by atoms with Crippen molar-refractivity contribution in [3.8, 4) is 0 Å². The van der Waals surface area contributed by atoms with E-state index in [-0.39, 0.29) is 0 Å². The van der Waals surface area contributed by atoms with Crippen LogP contribution in [0.5, 0.6) is 0 Å². The van der Waals surface area contributed by atoms with Crippen molar-refractivity contribution < 1.29 is 0 Å². The quantitative estimate of drug-likeness (QED) is 0.564. The van der Waals surface area contributed by atoms with Crippen molar-refractivity contribution in [2.75, 3.05) is 0 Å². The zero-order valence-corrected chi connectivity index (χ0v) is 6.09. The van der Waals surface area contributed by atoms with E-state index >= 15 is 0 Å². The molecule has 2 nitrogen and oxygen atoms in total. The van der Waals surface area contributed by atoms with E-state index in [1.165, 1.54) is 6.20 Å². The van der Waals surface area contributed by atoms with Crippen LogP contribution in [0.25, 0.3) is 4.85 Å². The van der Waals surface area contributed by atoms with Gasteiger partial charge in [-0.15, -0.1) is 0 Å². The Morgan fingerprint density at radius 2 is 2.44 bits per heavy atom. The summed E-state index contributed by atoms with van der Waals surface area (Å²) in [4.78, 5) is 6.98. The number of hydrogen-bond acceptors (Lipinski definition) is 1. The zero-order valence-electron chi connectivity index (χ0n) is 4.50. The predicted octanol–water partition coefficient (Wildman–Crippen LogP) is 2.39. The average Bonchev–Trinajstić information content (AvgIpc) is 1.89. The molecule has 1 heterocycles. The van der Waals surface area contributed by atoms with Gasteiger partial charge in [0.05, 0.1) is 6.57 Å². The highest BCUT2D eigenvalue weighted by molar-refractivity contribution is 9.10. The zero-order chi connectivity index (χ0) is 6.69. The summed E-state index contributed by atoms with van der Waals surface area (Å²) in [7, 11) is 0. The van der Waals surface area contributed by atoms with Gasteiger partial charge >= 0.3 is 0 Å². The van der Waals surface area contributed by atoms with E-state index < -0.39 is 0 Å². The fourth-order valence-electron chi connectivity index (χ4n) is 0.451.